The summed E-state index contributed by atoms with van der Waals surface area (Å²) in [6, 6.07) is 5.31. The van der Waals surface area contributed by atoms with Gasteiger partial charge in [-0.3, -0.25) is 0 Å². The van der Waals surface area contributed by atoms with Crippen molar-refractivity contribution in [1.29, 1.82) is 0 Å². The quantitative estimate of drug-likeness (QED) is 0.821. The van der Waals surface area contributed by atoms with Gasteiger partial charge in [-0.2, -0.15) is 0 Å². The monoisotopic (exact) mass is 221 g/mol. The summed E-state index contributed by atoms with van der Waals surface area (Å²) in [6.07, 6.45) is 0. The number of hydrogen-bond acceptors (Lipinski definition) is 3. The normalized spacial score (nSPS) is 26.5. The minimum Gasteiger partial charge on any atom is -0.508 e. The molecule has 0 aromatic heterocycles. The van der Waals surface area contributed by atoms with Crippen molar-refractivity contribution in [3.63, 3.8) is 0 Å². The summed E-state index contributed by atoms with van der Waals surface area (Å²) in [5.74, 6) is 1.94. The number of aromatic hydroxyl groups is 1. The molecule has 0 spiro atoms. The van der Waals surface area contributed by atoms with Crippen LogP contribution in [-0.2, 0) is 0 Å². The van der Waals surface area contributed by atoms with E-state index in [1.165, 1.54) is 0 Å². The van der Waals surface area contributed by atoms with E-state index in [1.807, 2.05) is 6.07 Å². The first-order valence-electron chi connectivity index (χ1n) is 5.59. The van der Waals surface area contributed by atoms with Gasteiger partial charge in [0, 0.05) is 6.07 Å². The topological polar surface area (TPSA) is 55.5 Å². The molecule has 2 unspecified atom stereocenters. The molecule has 0 radical (unpaired) electrons. The van der Waals surface area contributed by atoms with Crippen molar-refractivity contribution >= 4 is 0 Å². The maximum absolute atomic E-state index is 9.42. The highest BCUT2D eigenvalue weighted by molar-refractivity contribution is 5.46. The second-order valence-corrected chi connectivity index (χ2v) is 5.07. The summed E-state index contributed by atoms with van der Waals surface area (Å²) >= 11 is 0. The standard InChI is InChI=1S/C13H19NO2/c1-13(2)10(7-14)12(13)9-5-4-8(15)6-11(9)16-3/h4-6,10,12,15H,7,14H2,1-3H3. The van der Waals surface area contributed by atoms with Crippen LogP contribution in [0, 0.1) is 11.3 Å². The molecular formula is C13H19NO2. The van der Waals surface area contributed by atoms with Crippen LogP contribution in [0.25, 0.3) is 0 Å². The lowest BCUT2D eigenvalue weighted by Crippen LogP contribution is -2.05. The molecule has 3 heteroatoms. The first-order chi connectivity index (χ1) is 7.52. The summed E-state index contributed by atoms with van der Waals surface area (Å²) in [4.78, 5) is 0. The van der Waals surface area contributed by atoms with E-state index in [4.69, 9.17) is 10.5 Å². The fourth-order valence-electron chi connectivity index (χ4n) is 2.76. The van der Waals surface area contributed by atoms with Crippen molar-refractivity contribution < 1.29 is 9.84 Å². The van der Waals surface area contributed by atoms with Crippen LogP contribution in [0.15, 0.2) is 18.2 Å². The molecule has 0 amide bonds. The molecule has 1 aromatic carbocycles. The second kappa shape index (κ2) is 3.67. The van der Waals surface area contributed by atoms with Crippen LogP contribution in [0.1, 0.15) is 25.3 Å². The summed E-state index contributed by atoms with van der Waals surface area (Å²) in [7, 11) is 1.63. The Hall–Kier alpha value is -1.22. The fourth-order valence-corrected chi connectivity index (χ4v) is 2.76. The molecular weight excluding hydrogens is 202 g/mol. The van der Waals surface area contributed by atoms with Gasteiger partial charge in [0.25, 0.3) is 0 Å². The van der Waals surface area contributed by atoms with Crippen molar-refractivity contribution in [2.75, 3.05) is 13.7 Å². The summed E-state index contributed by atoms with van der Waals surface area (Å²) < 4.78 is 5.31. The van der Waals surface area contributed by atoms with E-state index >= 15 is 0 Å². The number of phenolic OH excluding ortho intramolecular Hbond substituents is 1. The van der Waals surface area contributed by atoms with Crippen LogP contribution < -0.4 is 10.5 Å². The first kappa shape index (κ1) is 11.3. The zero-order valence-corrected chi connectivity index (χ0v) is 10.0. The Morgan fingerprint density at radius 1 is 1.44 bits per heavy atom. The fraction of sp³-hybridized carbons (Fsp3) is 0.538. The number of rotatable bonds is 3. The number of ether oxygens (including phenoxy) is 1. The van der Waals surface area contributed by atoms with Gasteiger partial charge in [0.15, 0.2) is 0 Å². The molecule has 88 valence electrons. The molecule has 0 bridgehead atoms. The largest absolute Gasteiger partial charge is 0.508 e. The molecule has 2 atom stereocenters. The molecule has 16 heavy (non-hydrogen) atoms. The van der Waals surface area contributed by atoms with Gasteiger partial charge in [-0.1, -0.05) is 19.9 Å². The summed E-state index contributed by atoms with van der Waals surface area (Å²) in [6.45, 7) is 5.14. The maximum atomic E-state index is 9.42. The average Bonchev–Trinajstić information content (AvgIpc) is 2.80. The molecule has 1 aromatic rings. The Morgan fingerprint density at radius 2 is 2.12 bits per heavy atom. The van der Waals surface area contributed by atoms with E-state index in [2.05, 4.69) is 13.8 Å². The van der Waals surface area contributed by atoms with Gasteiger partial charge in [0.1, 0.15) is 11.5 Å². The Labute approximate surface area is 96.2 Å². The van der Waals surface area contributed by atoms with E-state index in [1.54, 1.807) is 19.2 Å². The SMILES string of the molecule is COc1cc(O)ccc1C1C(CN)C1(C)C. The molecule has 1 fully saturated rings. The number of methoxy groups -OCH3 is 1. The van der Waals surface area contributed by atoms with Gasteiger partial charge in [0.2, 0.25) is 0 Å². The van der Waals surface area contributed by atoms with E-state index in [9.17, 15) is 5.11 Å². The van der Waals surface area contributed by atoms with E-state index in [0.29, 0.717) is 18.4 Å². The van der Waals surface area contributed by atoms with Crippen LogP contribution in [0.5, 0.6) is 11.5 Å². The molecule has 1 aliphatic carbocycles. The molecule has 0 heterocycles. The van der Waals surface area contributed by atoms with Crippen molar-refractivity contribution in [1.82, 2.24) is 0 Å². The number of phenols is 1. The minimum absolute atomic E-state index is 0.235. The van der Waals surface area contributed by atoms with Gasteiger partial charge in [-0.25, -0.2) is 0 Å². The predicted octanol–water partition coefficient (Wildman–Crippen LogP) is 2.10. The average molecular weight is 221 g/mol. The Kier molecular flexibility index (Phi) is 2.58. The number of nitrogens with two attached hydrogens (primary N) is 1. The lowest BCUT2D eigenvalue weighted by molar-refractivity contribution is 0.401. The number of hydrogen-bond donors (Lipinski definition) is 2. The Morgan fingerprint density at radius 3 is 2.62 bits per heavy atom. The Bertz CT molecular complexity index is 401. The van der Waals surface area contributed by atoms with Crippen molar-refractivity contribution in [2.24, 2.45) is 17.1 Å². The molecule has 3 nitrogen and oxygen atoms in total. The van der Waals surface area contributed by atoms with Crippen LogP contribution in [-0.4, -0.2) is 18.8 Å². The summed E-state index contributed by atoms with van der Waals surface area (Å²) in [5.41, 5.74) is 7.16. The van der Waals surface area contributed by atoms with Crippen LogP contribution >= 0.6 is 0 Å². The van der Waals surface area contributed by atoms with Crippen LogP contribution in [0.4, 0.5) is 0 Å². The third-order valence-corrected chi connectivity index (χ3v) is 3.86. The molecule has 2 rings (SSSR count). The van der Waals surface area contributed by atoms with Gasteiger partial charge >= 0.3 is 0 Å². The van der Waals surface area contributed by atoms with Crippen molar-refractivity contribution in [3.05, 3.63) is 23.8 Å². The third-order valence-electron chi connectivity index (χ3n) is 3.86. The number of benzene rings is 1. The molecule has 3 N–H and O–H groups in total. The van der Waals surface area contributed by atoms with Gasteiger partial charge in [0.05, 0.1) is 7.11 Å². The smallest absolute Gasteiger partial charge is 0.126 e. The highest BCUT2D eigenvalue weighted by atomic mass is 16.5. The second-order valence-electron chi connectivity index (χ2n) is 5.07. The van der Waals surface area contributed by atoms with E-state index in [0.717, 1.165) is 11.3 Å². The highest BCUT2D eigenvalue weighted by Crippen LogP contribution is 2.65. The van der Waals surface area contributed by atoms with Crippen LogP contribution in [0.3, 0.4) is 0 Å². The van der Waals surface area contributed by atoms with Crippen molar-refractivity contribution in [3.8, 4) is 11.5 Å². The van der Waals surface area contributed by atoms with Gasteiger partial charge in [-0.15, -0.1) is 0 Å². The van der Waals surface area contributed by atoms with E-state index < -0.39 is 0 Å². The molecule has 0 saturated heterocycles. The minimum atomic E-state index is 0.235. The lowest BCUT2D eigenvalue weighted by atomic mass is 10.0. The predicted molar refractivity (Wildman–Crippen MR) is 63.7 cm³/mol. The zero-order chi connectivity index (χ0) is 11.9. The molecule has 0 aliphatic heterocycles. The lowest BCUT2D eigenvalue weighted by Gasteiger charge is -2.10. The zero-order valence-electron chi connectivity index (χ0n) is 10.0. The highest BCUT2D eigenvalue weighted by Gasteiger charge is 2.58. The Balaban J connectivity index is 2.35. The molecule has 1 saturated carbocycles. The first-order valence-corrected chi connectivity index (χ1v) is 5.59. The third kappa shape index (κ3) is 1.55. The maximum Gasteiger partial charge on any atom is 0.126 e. The molecule has 1 aliphatic rings. The van der Waals surface area contributed by atoms with Gasteiger partial charge in [-0.05, 0) is 35.4 Å². The summed E-state index contributed by atoms with van der Waals surface area (Å²) in [5, 5.41) is 9.42. The van der Waals surface area contributed by atoms with Gasteiger partial charge < -0.3 is 15.6 Å². The van der Waals surface area contributed by atoms with Crippen LogP contribution in [0.2, 0.25) is 0 Å². The van der Waals surface area contributed by atoms with Crippen molar-refractivity contribution in [2.45, 2.75) is 19.8 Å². The van der Waals surface area contributed by atoms with E-state index in [-0.39, 0.29) is 11.2 Å².